The third kappa shape index (κ3) is 16.8. The predicted molar refractivity (Wildman–Crippen MR) is 112 cm³/mol. The summed E-state index contributed by atoms with van der Waals surface area (Å²) in [6.45, 7) is 18.5. The van der Waals surface area contributed by atoms with Crippen LogP contribution in [0.5, 0.6) is 0 Å². The van der Waals surface area contributed by atoms with Gasteiger partial charge in [-0.25, -0.2) is 0 Å². The van der Waals surface area contributed by atoms with Gasteiger partial charge in [0.1, 0.15) is 6.61 Å². The Morgan fingerprint density at radius 2 is 1.35 bits per heavy atom. The summed E-state index contributed by atoms with van der Waals surface area (Å²) >= 11 is 0. The minimum Gasteiger partial charge on any atom is -0.463 e. The number of unbranched alkanes of at least 4 members (excludes halogenated alkanes) is 3. The number of carbonyl (C=O) groups excluding carboxylic acids is 1. The van der Waals surface area contributed by atoms with Gasteiger partial charge in [0.15, 0.2) is 0 Å². The van der Waals surface area contributed by atoms with Crippen molar-refractivity contribution in [2.24, 2.45) is 5.41 Å². The molecule has 0 aromatic rings. The van der Waals surface area contributed by atoms with Crippen LogP contribution in [0.4, 0.5) is 0 Å². The van der Waals surface area contributed by atoms with E-state index < -0.39 is 11.5 Å². The van der Waals surface area contributed by atoms with Crippen molar-refractivity contribution in [3.63, 3.8) is 0 Å². The molecule has 1 atom stereocenters. The Bertz CT molecular complexity index is 297. The minimum atomic E-state index is -0.582. The molecule has 0 fully saturated rings. The largest absolute Gasteiger partial charge is 0.463 e. The van der Waals surface area contributed by atoms with Crippen molar-refractivity contribution in [2.75, 3.05) is 26.2 Å². The molecule has 0 saturated carbocycles. The molecule has 0 spiro atoms. The molecular weight excluding hydrogens is 326 g/mol. The maximum absolute atomic E-state index is 11.4. The summed E-state index contributed by atoms with van der Waals surface area (Å²) in [5.74, 6) is -0.227. The summed E-state index contributed by atoms with van der Waals surface area (Å²) in [4.78, 5) is 13.3. The number of hydrogen-bond acceptors (Lipinski definition) is 3. The van der Waals surface area contributed by atoms with E-state index >= 15 is 0 Å². The van der Waals surface area contributed by atoms with Crippen LogP contribution in [0, 0.1) is 5.41 Å². The average Bonchev–Trinajstić information content (AvgIpc) is 2.59. The first-order chi connectivity index (χ1) is 12.2. The molecule has 26 heavy (non-hydrogen) atoms. The van der Waals surface area contributed by atoms with Crippen molar-refractivity contribution >= 4 is 5.97 Å². The summed E-state index contributed by atoms with van der Waals surface area (Å²) in [7, 11) is 0. The molecule has 0 saturated heterocycles. The Morgan fingerprint density at radius 3 is 1.65 bits per heavy atom. The van der Waals surface area contributed by atoms with Crippen LogP contribution in [0.15, 0.2) is 0 Å². The van der Waals surface area contributed by atoms with Crippen molar-refractivity contribution in [3.8, 4) is 0 Å². The van der Waals surface area contributed by atoms with Crippen LogP contribution >= 0.6 is 0 Å². The predicted octanol–water partition coefficient (Wildman–Crippen LogP) is 4.01. The zero-order valence-corrected chi connectivity index (χ0v) is 18.8. The molecule has 4 nitrogen and oxygen atoms in total. The van der Waals surface area contributed by atoms with Gasteiger partial charge < -0.3 is 14.7 Å². The fourth-order valence-corrected chi connectivity index (χ4v) is 2.77. The number of aliphatic hydroxyl groups is 1. The highest BCUT2D eigenvalue weighted by atomic mass is 16.5. The van der Waals surface area contributed by atoms with Crippen LogP contribution in [0.2, 0.25) is 0 Å². The Balaban J connectivity index is 0. The molecule has 0 aliphatic rings. The highest BCUT2D eigenvalue weighted by Crippen LogP contribution is 2.23. The van der Waals surface area contributed by atoms with Crippen LogP contribution < -0.4 is 4.90 Å². The van der Waals surface area contributed by atoms with E-state index in [1.54, 1.807) is 6.92 Å². The van der Waals surface area contributed by atoms with E-state index in [2.05, 4.69) is 20.8 Å². The second-order valence-corrected chi connectivity index (χ2v) is 8.14. The maximum atomic E-state index is 11.4. The number of esters is 1. The lowest BCUT2D eigenvalue weighted by molar-refractivity contribution is -0.900. The topological polar surface area (TPSA) is 51.0 Å². The standard InChI is InChI=1S/C12H27N.C10H20O3/c1-4-7-10-13(11-8-5-2)12-9-6-3;1-5-6-10(3,4)9(12)13-7-8(2)11/h4-12H2,1-3H3;8,11H,5-7H2,1-4H3/p+1. The molecule has 0 rings (SSSR count). The van der Waals surface area contributed by atoms with E-state index in [1.807, 2.05) is 25.7 Å². The smallest absolute Gasteiger partial charge is 0.311 e. The van der Waals surface area contributed by atoms with Gasteiger partial charge in [-0.05, 0) is 46.5 Å². The lowest BCUT2D eigenvalue weighted by Gasteiger charge is -2.22. The van der Waals surface area contributed by atoms with Gasteiger partial charge in [0, 0.05) is 0 Å². The third-order valence-corrected chi connectivity index (χ3v) is 4.53. The van der Waals surface area contributed by atoms with Crippen LogP contribution in [0.25, 0.3) is 0 Å². The molecule has 0 bridgehead atoms. The van der Waals surface area contributed by atoms with Gasteiger partial charge >= 0.3 is 5.97 Å². The number of hydrogen-bond donors (Lipinski definition) is 2. The number of aliphatic hydroxyl groups excluding tert-OH is 1. The number of nitrogens with one attached hydrogen (secondary N) is 1. The molecular formula is C22H48NO3+. The van der Waals surface area contributed by atoms with E-state index in [0.29, 0.717) is 0 Å². The Labute approximate surface area is 163 Å². The number of rotatable bonds is 14. The number of carbonyl (C=O) groups is 1. The van der Waals surface area contributed by atoms with Crippen LogP contribution in [0.1, 0.15) is 99.8 Å². The molecule has 0 radical (unpaired) electrons. The van der Waals surface area contributed by atoms with E-state index in [9.17, 15) is 4.79 Å². The maximum Gasteiger partial charge on any atom is 0.311 e. The quantitative estimate of drug-likeness (QED) is 0.452. The Kier molecular flexibility index (Phi) is 18.9. The van der Waals surface area contributed by atoms with Crippen molar-refractivity contribution in [1.82, 2.24) is 0 Å². The molecule has 0 aromatic carbocycles. The van der Waals surface area contributed by atoms with Gasteiger partial charge in [-0.2, -0.15) is 0 Å². The molecule has 0 heterocycles. The van der Waals surface area contributed by atoms with E-state index in [1.165, 1.54) is 58.2 Å². The third-order valence-electron chi connectivity index (χ3n) is 4.53. The van der Waals surface area contributed by atoms with Crippen molar-refractivity contribution in [2.45, 2.75) is 106 Å². The SMILES string of the molecule is CCCC(C)(C)C(=O)OCC(C)O.CCCC[NH+](CCCC)CCCC. The number of quaternary nitrogens is 1. The second-order valence-electron chi connectivity index (χ2n) is 8.14. The fourth-order valence-electron chi connectivity index (χ4n) is 2.77. The average molecular weight is 375 g/mol. The molecule has 2 N–H and O–H groups in total. The zero-order chi connectivity index (χ0) is 20.4. The molecule has 158 valence electrons. The first kappa shape index (κ1) is 27.6. The van der Waals surface area contributed by atoms with Crippen molar-refractivity contribution in [1.29, 1.82) is 0 Å². The summed E-state index contributed by atoms with van der Waals surface area (Å²) in [6, 6.07) is 0. The second kappa shape index (κ2) is 17.8. The molecule has 0 aliphatic carbocycles. The van der Waals surface area contributed by atoms with Gasteiger partial charge in [-0.15, -0.1) is 0 Å². The van der Waals surface area contributed by atoms with Gasteiger partial charge in [0.2, 0.25) is 0 Å². The van der Waals surface area contributed by atoms with E-state index in [0.717, 1.165) is 12.8 Å². The first-order valence-electron chi connectivity index (χ1n) is 10.9. The van der Waals surface area contributed by atoms with E-state index in [-0.39, 0.29) is 12.6 Å². The van der Waals surface area contributed by atoms with Gasteiger partial charge in [-0.1, -0.05) is 53.4 Å². The molecule has 1 unspecified atom stereocenters. The van der Waals surface area contributed by atoms with E-state index in [4.69, 9.17) is 9.84 Å². The normalized spacial score (nSPS) is 12.5. The molecule has 0 amide bonds. The molecule has 0 aromatic heterocycles. The van der Waals surface area contributed by atoms with Gasteiger partial charge in [-0.3, -0.25) is 4.79 Å². The first-order valence-corrected chi connectivity index (χ1v) is 10.9. The summed E-state index contributed by atoms with van der Waals surface area (Å²) in [5.41, 5.74) is -0.427. The summed E-state index contributed by atoms with van der Waals surface area (Å²) < 4.78 is 4.93. The highest BCUT2D eigenvalue weighted by molar-refractivity contribution is 5.75. The van der Waals surface area contributed by atoms with Gasteiger partial charge in [0.25, 0.3) is 0 Å². The molecule has 0 aliphatic heterocycles. The Hall–Kier alpha value is -0.610. The summed E-state index contributed by atoms with van der Waals surface area (Å²) in [6.07, 6.45) is 9.45. The van der Waals surface area contributed by atoms with Crippen molar-refractivity contribution in [3.05, 3.63) is 0 Å². The van der Waals surface area contributed by atoms with Gasteiger partial charge in [0.05, 0.1) is 31.2 Å². The fraction of sp³-hybridized carbons (Fsp3) is 0.955. The summed E-state index contributed by atoms with van der Waals surface area (Å²) in [5, 5.41) is 8.92. The lowest BCUT2D eigenvalue weighted by atomic mass is 9.88. The van der Waals surface area contributed by atoms with Crippen molar-refractivity contribution < 1.29 is 19.5 Å². The van der Waals surface area contributed by atoms with Crippen LogP contribution in [0.3, 0.4) is 0 Å². The molecule has 4 heteroatoms. The van der Waals surface area contributed by atoms with Crippen LogP contribution in [-0.4, -0.2) is 43.4 Å². The Morgan fingerprint density at radius 1 is 0.923 bits per heavy atom. The lowest BCUT2D eigenvalue weighted by Crippen LogP contribution is -3.12. The minimum absolute atomic E-state index is 0.0893. The number of ether oxygens (including phenoxy) is 1. The zero-order valence-electron chi connectivity index (χ0n) is 18.8. The highest BCUT2D eigenvalue weighted by Gasteiger charge is 2.28. The monoisotopic (exact) mass is 374 g/mol. The van der Waals surface area contributed by atoms with Crippen LogP contribution in [-0.2, 0) is 9.53 Å².